The van der Waals surface area contributed by atoms with E-state index in [1.807, 2.05) is 0 Å². The molecule has 126 valence electrons. The van der Waals surface area contributed by atoms with E-state index in [4.69, 9.17) is 12.2 Å². The molecule has 0 spiro atoms. The molecule has 3 rings (SSSR count). The summed E-state index contributed by atoms with van der Waals surface area (Å²) in [6.45, 7) is 3.38. The molecular weight excluding hydrogens is 316 g/mol. The minimum Gasteiger partial charge on any atom is -0.352 e. The third-order valence-electron chi connectivity index (χ3n) is 4.91. The van der Waals surface area contributed by atoms with Crippen molar-refractivity contribution in [1.29, 1.82) is 0 Å². The summed E-state index contributed by atoms with van der Waals surface area (Å²) in [6, 6.07) is -0.530. The van der Waals surface area contributed by atoms with Crippen LogP contribution in [-0.2, 0) is 14.4 Å². The number of rotatable bonds is 2. The van der Waals surface area contributed by atoms with Crippen molar-refractivity contribution in [2.45, 2.75) is 70.0 Å². The van der Waals surface area contributed by atoms with Crippen LogP contribution in [0.4, 0.5) is 0 Å². The molecule has 0 bridgehead atoms. The van der Waals surface area contributed by atoms with Crippen molar-refractivity contribution in [2.24, 2.45) is 0 Å². The zero-order valence-corrected chi connectivity index (χ0v) is 14.2. The van der Waals surface area contributed by atoms with Crippen molar-refractivity contribution in [3.63, 3.8) is 0 Å². The van der Waals surface area contributed by atoms with E-state index in [0.29, 0.717) is 0 Å². The monoisotopic (exact) mass is 338 g/mol. The van der Waals surface area contributed by atoms with Crippen molar-refractivity contribution in [2.75, 3.05) is 0 Å². The average Bonchev–Trinajstić information content (AvgIpc) is 2.85. The van der Waals surface area contributed by atoms with Gasteiger partial charge in [-0.15, -0.1) is 0 Å². The number of carbonyl (C=O) groups is 3. The number of fused-ring (bicyclic) bond motifs is 1. The maximum absolute atomic E-state index is 12.7. The molecule has 0 radical (unpaired) electrons. The minimum atomic E-state index is -1.01. The summed E-state index contributed by atoms with van der Waals surface area (Å²) < 4.78 is 0. The van der Waals surface area contributed by atoms with Gasteiger partial charge in [-0.2, -0.15) is 5.01 Å². The lowest BCUT2D eigenvalue weighted by Gasteiger charge is -2.46. The Labute approximate surface area is 140 Å². The Balaban J connectivity index is 1.81. The lowest BCUT2D eigenvalue weighted by atomic mass is 9.95. The smallest absolute Gasteiger partial charge is 0.248 e. The third-order valence-corrected chi connectivity index (χ3v) is 5.19. The molecule has 3 amide bonds. The van der Waals surface area contributed by atoms with E-state index < -0.39 is 11.6 Å². The summed E-state index contributed by atoms with van der Waals surface area (Å²) in [6.07, 6.45) is 5.41. The van der Waals surface area contributed by atoms with Gasteiger partial charge in [-0.1, -0.05) is 19.3 Å². The molecule has 1 saturated carbocycles. The van der Waals surface area contributed by atoms with Gasteiger partial charge >= 0.3 is 0 Å². The van der Waals surface area contributed by atoms with Crippen LogP contribution < -0.4 is 10.6 Å². The van der Waals surface area contributed by atoms with E-state index in [0.717, 1.165) is 25.7 Å². The number of carbonyl (C=O) groups excluding carboxylic acids is 3. The normalized spacial score (nSPS) is 28.5. The lowest BCUT2D eigenvalue weighted by Crippen LogP contribution is -2.71. The maximum Gasteiger partial charge on any atom is 0.248 e. The standard InChI is InChI=1S/C15H22N4O3S/c1-15(2)13(22)17-14(23)18-11(20)8-10(19(15)18)12(21)16-9-6-4-3-5-7-9/h9-10H,3-8H2,1-2H3,(H,16,21)(H,17,22,23)/t10-/m0/s1. The summed E-state index contributed by atoms with van der Waals surface area (Å²) in [5.74, 6) is -0.755. The Morgan fingerprint density at radius 1 is 1.26 bits per heavy atom. The van der Waals surface area contributed by atoms with Crippen molar-refractivity contribution < 1.29 is 14.4 Å². The van der Waals surface area contributed by atoms with Crippen LogP contribution in [0.2, 0.25) is 0 Å². The molecule has 0 aromatic rings. The summed E-state index contributed by atoms with van der Waals surface area (Å²) in [5.41, 5.74) is -1.01. The maximum atomic E-state index is 12.7. The number of hydrogen-bond acceptors (Lipinski definition) is 5. The van der Waals surface area contributed by atoms with Crippen LogP contribution in [0.3, 0.4) is 0 Å². The van der Waals surface area contributed by atoms with Crippen LogP contribution in [-0.4, -0.2) is 50.5 Å². The summed E-state index contributed by atoms with van der Waals surface area (Å²) >= 11 is 5.10. The number of hydrazine groups is 1. The quantitative estimate of drug-likeness (QED) is 0.715. The van der Waals surface area contributed by atoms with Crippen LogP contribution in [0.15, 0.2) is 0 Å². The summed E-state index contributed by atoms with van der Waals surface area (Å²) in [5, 5.41) is 8.43. The van der Waals surface area contributed by atoms with E-state index in [1.54, 1.807) is 13.8 Å². The third kappa shape index (κ3) is 2.74. The zero-order valence-electron chi connectivity index (χ0n) is 13.4. The fourth-order valence-corrected chi connectivity index (χ4v) is 3.89. The van der Waals surface area contributed by atoms with Crippen LogP contribution in [0.5, 0.6) is 0 Å². The van der Waals surface area contributed by atoms with E-state index in [-0.39, 0.29) is 35.3 Å². The van der Waals surface area contributed by atoms with Gasteiger partial charge < -0.3 is 5.32 Å². The first kappa shape index (κ1) is 16.3. The van der Waals surface area contributed by atoms with Crippen molar-refractivity contribution in [1.82, 2.24) is 20.7 Å². The molecule has 2 N–H and O–H groups in total. The highest BCUT2D eigenvalue weighted by molar-refractivity contribution is 7.80. The van der Waals surface area contributed by atoms with Gasteiger partial charge in [-0.25, -0.2) is 5.01 Å². The molecule has 23 heavy (non-hydrogen) atoms. The first-order valence-corrected chi connectivity index (χ1v) is 8.51. The van der Waals surface area contributed by atoms with Gasteiger partial charge in [0, 0.05) is 6.04 Å². The van der Waals surface area contributed by atoms with Gasteiger partial charge in [0.05, 0.1) is 6.42 Å². The Morgan fingerprint density at radius 2 is 1.91 bits per heavy atom. The van der Waals surface area contributed by atoms with Gasteiger partial charge in [0.25, 0.3) is 0 Å². The van der Waals surface area contributed by atoms with E-state index in [9.17, 15) is 14.4 Å². The van der Waals surface area contributed by atoms with Crippen LogP contribution in [0.25, 0.3) is 0 Å². The topological polar surface area (TPSA) is 81.8 Å². The molecule has 3 aliphatic rings. The predicted octanol–water partition coefficient (Wildman–Crippen LogP) is 0.447. The van der Waals surface area contributed by atoms with Crippen molar-refractivity contribution in [3.05, 3.63) is 0 Å². The minimum absolute atomic E-state index is 0.0388. The van der Waals surface area contributed by atoms with Gasteiger partial charge in [-0.3, -0.25) is 19.7 Å². The molecule has 7 nitrogen and oxygen atoms in total. The second-order valence-electron chi connectivity index (χ2n) is 6.93. The number of thiocarbonyl (C=S) groups is 1. The molecule has 0 unspecified atom stereocenters. The Morgan fingerprint density at radius 3 is 2.57 bits per heavy atom. The highest BCUT2D eigenvalue weighted by Gasteiger charge is 2.56. The highest BCUT2D eigenvalue weighted by Crippen LogP contribution is 2.32. The van der Waals surface area contributed by atoms with Crippen molar-refractivity contribution in [3.8, 4) is 0 Å². The molecule has 1 aliphatic carbocycles. The fourth-order valence-electron chi connectivity index (χ4n) is 3.60. The van der Waals surface area contributed by atoms with Crippen LogP contribution in [0, 0.1) is 0 Å². The Hall–Kier alpha value is -1.54. The van der Waals surface area contributed by atoms with Crippen LogP contribution >= 0.6 is 12.2 Å². The number of nitrogens with one attached hydrogen (secondary N) is 2. The molecular formula is C15H22N4O3S. The SMILES string of the molecule is CC1(C)C(=O)NC(=S)N2C(=O)C[C@@H](C(=O)NC3CCCCC3)N21. The second-order valence-corrected chi connectivity index (χ2v) is 7.32. The van der Waals surface area contributed by atoms with E-state index in [2.05, 4.69) is 10.6 Å². The van der Waals surface area contributed by atoms with E-state index in [1.165, 1.54) is 16.4 Å². The number of hydrogen-bond donors (Lipinski definition) is 2. The molecule has 0 aromatic carbocycles. The first-order chi connectivity index (χ1) is 10.8. The molecule has 1 atom stereocenters. The molecule has 3 fully saturated rings. The first-order valence-electron chi connectivity index (χ1n) is 8.10. The fraction of sp³-hybridized carbons (Fsp3) is 0.733. The largest absolute Gasteiger partial charge is 0.352 e. The van der Waals surface area contributed by atoms with Gasteiger partial charge in [0.2, 0.25) is 17.7 Å². The Kier molecular flexibility index (Phi) is 4.14. The summed E-state index contributed by atoms with van der Waals surface area (Å²) in [7, 11) is 0. The molecule has 0 aromatic heterocycles. The molecule has 2 heterocycles. The molecule has 2 saturated heterocycles. The van der Waals surface area contributed by atoms with Gasteiger partial charge in [-0.05, 0) is 38.9 Å². The summed E-state index contributed by atoms with van der Waals surface area (Å²) in [4.78, 5) is 37.2. The highest BCUT2D eigenvalue weighted by atomic mass is 32.1. The van der Waals surface area contributed by atoms with E-state index >= 15 is 0 Å². The molecule has 2 aliphatic heterocycles. The predicted molar refractivity (Wildman–Crippen MR) is 86.9 cm³/mol. The average molecular weight is 338 g/mol. The van der Waals surface area contributed by atoms with Crippen LogP contribution in [0.1, 0.15) is 52.4 Å². The molecule has 8 heteroatoms. The number of nitrogens with zero attached hydrogens (tertiary/aromatic N) is 2. The second kappa shape index (κ2) is 5.83. The Bertz CT molecular complexity index is 571. The zero-order chi connectivity index (χ0) is 16.8. The van der Waals surface area contributed by atoms with Gasteiger partial charge in [0.15, 0.2) is 5.11 Å². The van der Waals surface area contributed by atoms with Crippen molar-refractivity contribution >= 4 is 35.1 Å². The lowest BCUT2D eigenvalue weighted by molar-refractivity contribution is -0.155. The van der Waals surface area contributed by atoms with Gasteiger partial charge in [0.1, 0.15) is 11.6 Å². The number of amides is 3.